The molecule has 5 nitrogen and oxygen atoms in total. The summed E-state index contributed by atoms with van der Waals surface area (Å²) in [5.41, 5.74) is 1.66. The van der Waals surface area contributed by atoms with Gasteiger partial charge in [0.25, 0.3) is 0 Å². The second-order valence-corrected chi connectivity index (χ2v) is 4.74. The minimum absolute atomic E-state index is 0.142. The molecule has 3 rings (SSSR count). The molecule has 3 aromatic rings. The molecule has 2 heterocycles. The largest absolute Gasteiger partial charge is 0.478 e. The second-order valence-electron chi connectivity index (χ2n) is 4.74. The number of H-pyrrole nitrogens is 1. The van der Waals surface area contributed by atoms with Crippen LogP contribution in [0.4, 0.5) is 4.39 Å². The van der Waals surface area contributed by atoms with Crippen molar-refractivity contribution in [2.45, 2.75) is 6.42 Å². The normalized spacial score (nSPS) is 10.6. The number of benzene rings is 1. The van der Waals surface area contributed by atoms with Crippen molar-refractivity contribution in [2.75, 3.05) is 0 Å². The lowest BCUT2D eigenvalue weighted by molar-refractivity contribution is 0.0697. The Bertz CT molecular complexity index is 830. The van der Waals surface area contributed by atoms with E-state index in [1.807, 2.05) is 0 Å². The highest BCUT2D eigenvalue weighted by Gasteiger charge is 2.10. The molecule has 0 amide bonds. The van der Waals surface area contributed by atoms with E-state index in [9.17, 15) is 9.18 Å². The molecule has 0 saturated heterocycles. The summed E-state index contributed by atoms with van der Waals surface area (Å²) < 4.78 is 13.6. The fourth-order valence-electron chi connectivity index (χ4n) is 2.11. The minimum atomic E-state index is -1.02. The van der Waals surface area contributed by atoms with Crippen LogP contribution >= 0.6 is 0 Å². The lowest BCUT2D eigenvalue weighted by atomic mass is 10.1. The van der Waals surface area contributed by atoms with E-state index >= 15 is 0 Å². The molecule has 0 spiro atoms. The van der Waals surface area contributed by atoms with Gasteiger partial charge in [-0.15, -0.1) is 0 Å². The first-order valence-electron chi connectivity index (χ1n) is 6.61. The highest BCUT2D eigenvalue weighted by Crippen LogP contribution is 2.18. The van der Waals surface area contributed by atoms with Crippen LogP contribution in [0, 0.1) is 5.82 Å². The number of hydrogen-bond donors (Lipinski definition) is 2. The quantitative estimate of drug-likeness (QED) is 0.776. The third-order valence-electron chi connectivity index (χ3n) is 3.22. The van der Waals surface area contributed by atoms with Gasteiger partial charge < -0.3 is 10.1 Å². The Morgan fingerprint density at radius 2 is 2.05 bits per heavy atom. The van der Waals surface area contributed by atoms with Gasteiger partial charge in [0.1, 0.15) is 17.3 Å². The van der Waals surface area contributed by atoms with Gasteiger partial charge in [-0.2, -0.15) is 0 Å². The summed E-state index contributed by atoms with van der Waals surface area (Å²) in [6, 6.07) is 9.36. The number of nitrogens with one attached hydrogen (secondary N) is 1. The number of nitrogens with zero attached hydrogens (tertiary/aromatic N) is 2. The predicted octanol–water partition coefficient (Wildman–Crippen LogP) is 2.90. The topological polar surface area (TPSA) is 78.9 Å². The van der Waals surface area contributed by atoms with Gasteiger partial charge in [-0.3, -0.25) is 4.98 Å². The summed E-state index contributed by atoms with van der Waals surface area (Å²) in [7, 11) is 0. The van der Waals surface area contributed by atoms with Crippen molar-refractivity contribution >= 4 is 5.97 Å². The number of carbonyl (C=O) groups is 1. The number of carboxylic acids is 1. The van der Waals surface area contributed by atoms with Crippen LogP contribution in [0.3, 0.4) is 0 Å². The van der Waals surface area contributed by atoms with Gasteiger partial charge in [0.2, 0.25) is 0 Å². The van der Waals surface area contributed by atoms with E-state index in [1.54, 1.807) is 24.4 Å². The predicted molar refractivity (Wildman–Crippen MR) is 78.0 cm³/mol. The van der Waals surface area contributed by atoms with Crippen LogP contribution in [0.25, 0.3) is 11.4 Å². The van der Waals surface area contributed by atoms with Gasteiger partial charge in [0.15, 0.2) is 0 Å². The van der Waals surface area contributed by atoms with E-state index in [0.717, 1.165) is 0 Å². The number of aromatic nitrogens is 3. The van der Waals surface area contributed by atoms with E-state index < -0.39 is 5.97 Å². The molecule has 110 valence electrons. The molecular formula is C16H12FN3O2. The molecular weight excluding hydrogens is 285 g/mol. The molecule has 0 aliphatic carbocycles. The monoisotopic (exact) mass is 297 g/mol. The molecule has 1 aromatic carbocycles. The maximum Gasteiger partial charge on any atom is 0.335 e. The van der Waals surface area contributed by atoms with Crippen LogP contribution in [0.2, 0.25) is 0 Å². The Morgan fingerprint density at radius 3 is 2.82 bits per heavy atom. The van der Waals surface area contributed by atoms with Gasteiger partial charge >= 0.3 is 5.97 Å². The summed E-state index contributed by atoms with van der Waals surface area (Å²) >= 11 is 0. The third kappa shape index (κ3) is 2.85. The van der Waals surface area contributed by atoms with E-state index in [0.29, 0.717) is 29.2 Å². The van der Waals surface area contributed by atoms with Crippen LogP contribution in [0.15, 0.2) is 48.8 Å². The molecule has 0 fully saturated rings. The number of aromatic carboxylic acids is 1. The zero-order chi connectivity index (χ0) is 15.5. The number of imidazole rings is 1. The van der Waals surface area contributed by atoms with E-state index in [2.05, 4.69) is 15.0 Å². The number of aromatic amines is 1. The fraction of sp³-hybridized carbons (Fsp3) is 0.0625. The summed E-state index contributed by atoms with van der Waals surface area (Å²) in [6.07, 6.45) is 3.37. The van der Waals surface area contributed by atoms with Gasteiger partial charge in [-0.1, -0.05) is 18.2 Å². The van der Waals surface area contributed by atoms with Crippen molar-refractivity contribution in [2.24, 2.45) is 0 Å². The SMILES string of the molecule is O=C(O)c1ccnc(-c2c[nH]c(Cc3ccccc3F)n2)c1. The molecule has 0 saturated carbocycles. The average Bonchev–Trinajstić information content (AvgIpc) is 2.98. The number of halogens is 1. The first-order valence-corrected chi connectivity index (χ1v) is 6.61. The standard InChI is InChI=1S/C16H12FN3O2/c17-12-4-2-1-3-10(12)8-15-19-9-14(20-15)13-7-11(16(21)22)5-6-18-13/h1-7,9H,8H2,(H,19,20)(H,21,22). The zero-order valence-corrected chi connectivity index (χ0v) is 11.5. The highest BCUT2D eigenvalue weighted by atomic mass is 19.1. The van der Waals surface area contributed by atoms with Crippen LogP contribution < -0.4 is 0 Å². The van der Waals surface area contributed by atoms with Gasteiger partial charge in [-0.05, 0) is 23.8 Å². The van der Waals surface area contributed by atoms with Crippen molar-refractivity contribution in [3.05, 3.63) is 71.6 Å². The van der Waals surface area contributed by atoms with Crippen molar-refractivity contribution < 1.29 is 14.3 Å². The summed E-state index contributed by atoms with van der Waals surface area (Å²) in [4.78, 5) is 22.4. The maximum absolute atomic E-state index is 13.6. The van der Waals surface area contributed by atoms with Crippen LogP contribution in [-0.4, -0.2) is 26.0 Å². The Hall–Kier alpha value is -3.02. The lowest BCUT2D eigenvalue weighted by Gasteiger charge is -2.00. The summed E-state index contributed by atoms with van der Waals surface area (Å²) in [6.45, 7) is 0. The summed E-state index contributed by atoms with van der Waals surface area (Å²) in [5.74, 6) is -0.722. The average molecular weight is 297 g/mol. The Balaban J connectivity index is 1.86. The zero-order valence-electron chi connectivity index (χ0n) is 11.5. The maximum atomic E-state index is 13.6. The van der Waals surface area contributed by atoms with E-state index in [1.165, 1.54) is 24.4 Å². The van der Waals surface area contributed by atoms with Crippen molar-refractivity contribution in [3.63, 3.8) is 0 Å². The molecule has 0 bridgehead atoms. The first-order chi connectivity index (χ1) is 10.6. The van der Waals surface area contributed by atoms with Crippen molar-refractivity contribution in [3.8, 4) is 11.4 Å². The molecule has 0 atom stereocenters. The van der Waals surface area contributed by atoms with Crippen LogP contribution in [-0.2, 0) is 6.42 Å². The number of pyridine rings is 1. The molecule has 22 heavy (non-hydrogen) atoms. The van der Waals surface area contributed by atoms with E-state index in [4.69, 9.17) is 5.11 Å². The van der Waals surface area contributed by atoms with Gasteiger partial charge in [-0.25, -0.2) is 14.2 Å². The lowest BCUT2D eigenvalue weighted by Crippen LogP contribution is -1.97. The van der Waals surface area contributed by atoms with Gasteiger partial charge in [0.05, 0.1) is 11.3 Å². The molecule has 2 N–H and O–H groups in total. The van der Waals surface area contributed by atoms with E-state index in [-0.39, 0.29) is 11.4 Å². The molecule has 2 aromatic heterocycles. The molecule has 0 radical (unpaired) electrons. The smallest absolute Gasteiger partial charge is 0.335 e. The van der Waals surface area contributed by atoms with Crippen LogP contribution in [0.1, 0.15) is 21.7 Å². The van der Waals surface area contributed by atoms with Crippen molar-refractivity contribution in [1.82, 2.24) is 15.0 Å². The van der Waals surface area contributed by atoms with Crippen molar-refractivity contribution in [1.29, 1.82) is 0 Å². The highest BCUT2D eigenvalue weighted by molar-refractivity contribution is 5.88. The number of rotatable bonds is 4. The fourth-order valence-corrected chi connectivity index (χ4v) is 2.11. The van der Waals surface area contributed by atoms with Gasteiger partial charge in [0, 0.05) is 18.8 Å². The minimum Gasteiger partial charge on any atom is -0.478 e. The first kappa shape index (κ1) is 13.9. The summed E-state index contributed by atoms with van der Waals surface area (Å²) in [5, 5.41) is 8.99. The molecule has 6 heteroatoms. The Kier molecular flexibility index (Phi) is 3.65. The Labute approximate surface area is 125 Å². The Morgan fingerprint density at radius 1 is 1.23 bits per heavy atom. The molecule has 0 unspecified atom stereocenters. The molecule has 0 aliphatic rings. The van der Waals surface area contributed by atoms with Crippen LogP contribution in [0.5, 0.6) is 0 Å². The number of carboxylic acid groups (broad SMARTS) is 1. The molecule has 0 aliphatic heterocycles. The second kappa shape index (κ2) is 5.77. The third-order valence-corrected chi connectivity index (χ3v) is 3.22. The number of hydrogen-bond acceptors (Lipinski definition) is 3.